The first kappa shape index (κ1) is 18.1. The molecule has 2 unspecified atom stereocenters. The van der Waals surface area contributed by atoms with Gasteiger partial charge in [-0.25, -0.2) is 9.18 Å². The predicted octanol–water partition coefficient (Wildman–Crippen LogP) is 3.11. The van der Waals surface area contributed by atoms with Crippen LogP contribution in [0.3, 0.4) is 0 Å². The summed E-state index contributed by atoms with van der Waals surface area (Å²) in [5, 5.41) is 12.6. The van der Waals surface area contributed by atoms with Gasteiger partial charge in [-0.05, 0) is 56.2 Å². The van der Waals surface area contributed by atoms with Crippen molar-refractivity contribution in [3.05, 3.63) is 30.1 Å². The summed E-state index contributed by atoms with van der Waals surface area (Å²) in [5.74, 6) is 0.838. The first-order chi connectivity index (χ1) is 11.1. The highest BCUT2D eigenvalue weighted by Crippen LogP contribution is 2.20. The molecule has 1 fully saturated rings. The van der Waals surface area contributed by atoms with E-state index in [1.54, 1.807) is 35.7 Å². The molecule has 4 nitrogen and oxygen atoms in total. The molecule has 23 heavy (non-hydrogen) atoms. The third kappa shape index (κ3) is 6.03. The van der Waals surface area contributed by atoms with Gasteiger partial charge in [-0.15, -0.1) is 11.8 Å². The van der Waals surface area contributed by atoms with Gasteiger partial charge in [0.05, 0.1) is 6.10 Å². The third-order valence-corrected chi connectivity index (χ3v) is 5.21. The van der Waals surface area contributed by atoms with Gasteiger partial charge in [0.1, 0.15) is 5.82 Å². The van der Waals surface area contributed by atoms with Crippen molar-refractivity contribution in [2.75, 3.05) is 25.4 Å². The van der Waals surface area contributed by atoms with E-state index in [-0.39, 0.29) is 23.9 Å². The fourth-order valence-electron chi connectivity index (χ4n) is 2.69. The number of rotatable bonds is 6. The molecule has 0 saturated carbocycles. The Kier molecular flexibility index (Phi) is 7.17. The molecule has 1 heterocycles. The number of aliphatic hydroxyl groups excluding tert-OH is 1. The van der Waals surface area contributed by atoms with E-state index in [0.717, 1.165) is 36.5 Å². The second kappa shape index (κ2) is 9.13. The molecule has 2 amide bonds. The highest BCUT2D eigenvalue weighted by atomic mass is 32.2. The summed E-state index contributed by atoms with van der Waals surface area (Å²) in [6, 6.07) is 6.41. The monoisotopic (exact) mass is 340 g/mol. The number of hydrogen-bond donors (Lipinski definition) is 2. The average Bonchev–Trinajstić information content (AvgIpc) is 2.56. The number of urea groups is 1. The van der Waals surface area contributed by atoms with Crippen molar-refractivity contribution in [1.82, 2.24) is 10.2 Å². The molecule has 1 aromatic carbocycles. The van der Waals surface area contributed by atoms with Crippen LogP contribution in [0.4, 0.5) is 9.18 Å². The van der Waals surface area contributed by atoms with E-state index < -0.39 is 0 Å². The van der Waals surface area contributed by atoms with Crippen molar-refractivity contribution in [2.24, 2.45) is 5.92 Å². The first-order valence-corrected chi connectivity index (χ1v) is 9.14. The van der Waals surface area contributed by atoms with Crippen molar-refractivity contribution < 1.29 is 14.3 Å². The smallest absolute Gasteiger partial charge is 0.317 e. The molecule has 1 saturated heterocycles. The lowest BCUT2D eigenvalue weighted by Gasteiger charge is -2.34. The summed E-state index contributed by atoms with van der Waals surface area (Å²) in [6.45, 7) is 3.81. The molecular weight excluding hydrogens is 315 g/mol. The quantitative estimate of drug-likeness (QED) is 0.618. The summed E-state index contributed by atoms with van der Waals surface area (Å²) in [7, 11) is 0. The van der Waals surface area contributed by atoms with Gasteiger partial charge < -0.3 is 15.3 Å². The first-order valence-electron chi connectivity index (χ1n) is 8.15. The summed E-state index contributed by atoms with van der Waals surface area (Å²) in [5.41, 5.74) is 0. The van der Waals surface area contributed by atoms with Gasteiger partial charge in [0.15, 0.2) is 0 Å². The number of carbonyl (C=O) groups is 1. The Morgan fingerprint density at radius 1 is 1.48 bits per heavy atom. The Hall–Kier alpha value is -1.27. The van der Waals surface area contributed by atoms with Crippen LogP contribution >= 0.6 is 11.8 Å². The minimum absolute atomic E-state index is 0.0397. The fraction of sp³-hybridized carbons (Fsp3) is 0.588. The highest BCUT2D eigenvalue weighted by Gasteiger charge is 2.26. The molecule has 6 heteroatoms. The molecular formula is C17H25FN2O2S. The van der Waals surface area contributed by atoms with E-state index in [4.69, 9.17) is 0 Å². The molecule has 1 aliphatic rings. The highest BCUT2D eigenvalue weighted by molar-refractivity contribution is 7.99. The predicted molar refractivity (Wildman–Crippen MR) is 91.1 cm³/mol. The van der Waals surface area contributed by atoms with Crippen LogP contribution in [0.1, 0.15) is 26.2 Å². The Labute approximate surface area is 141 Å². The Bertz CT molecular complexity index is 496. The normalized spacial score (nSPS) is 19.4. The number of hydrogen-bond acceptors (Lipinski definition) is 3. The Morgan fingerprint density at radius 3 is 2.91 bits per heavy atom. The van der Waals surface area contributed by atoms with Gasteiger partial charge in [-0.2, -0.15) is 0 Å². The lowest BCUT2D eigenvalue weighted by Crippen LogP contribution is -2.47. The number of amides is 2. The number of thioether (sulfide) groups is 1. The molecule has 1 aromatic rings. The molecule has 1 aliphatic heterocycles. The van der Waals surface area contributed by atoms with Crippen LogP contribution in [0.25, 0.3) is 0 Å². The zero-order valence-corrected chi connectivity index (χ0v) is 14.3. The second-order valence-corrected chi connectivity index (χ2v) is 7.15. The number of aliphatic hydroxyl groups is 1. The molecule has 2 rings (SSSR count). The van der Waals surface area contributed by atoms with Crippen LogP contribution in [0.2, 0.25) is 0 Å². The number of carbonyl (C=O) groups excluding carboxylic acids is 1. The van der Waals surface area contributed by atoms with Crippen LogP contribution in [-0.2, 0) is 0 Å². The number of nitrogens with one attached hydrogen (secondary N) is 1. The molecule has 0 radical (unpaired) electrons. The van der Waals surface area contributed by atoms with Crippen molar-refractivity contribution in [2.45, 2.75) is 37.2 Å². The minimum atomic E-state index is -0.363. The topological polar surface area (TPSA) is 52.6 Å². The Morgan fingerprint density at radius 2 is 2.22 bits per heavy atom. The number of piperidine rings is 1. The standard InChI is InChI=1S/C17H25FN2O2S/c1-13(21)14-4-2-10-20(12-14)17(22)19-9-3-11-23-16-7-5-15(18)6-8-16/h5-8,13-14,21H,2-4,9-12H2,1H3,(H,19,22). The molecule has 0 spiro atoms. The summed E-state index contributed by atoms with van der Waals surface area (Å²) in [6.07, 6.45) is 2.43. The Balaban J connectivity index is 1.62. The average molecular weight is 340 g/mol. The van der Waals surface area contributed by atoms with Gasteiger partial charge in [-0.3, -0.25) is 0 Å². The van der Waals surface area contributed by atoms with Gasteiger partial charge in [0.2, 0.25) is 0 Å². The largest absolute Gasteiger partial charge is 0.393 e. The molecule has 2 N–H and O–H groups in total. The zero-order chi connectivity index (χ0) is 16.7. The van der Waals surface area contributed by atoms with Crippen LogP contribution in [0, 0.1) is 11.7 Å². The third-order valence-electron chi connectivity index (χ3n) is 4.11. The van der Waals surface area contributed by atoms with E-state index in [1.165, 1.54) is 12.1 Å². The second-order valence-electron chi connectivity index (χ2n) is 5.98. The van der Waals surface area contributed by atoms with Gasteiger partial charge in [0.25, 0.3) is 0 Å². The van der Waals surface area contributed by atoms with Crippen LogP contribution < -0.4 is 5.32 Å². The van der Waals surface area contributed by atoms with E-state index >= 15 is 0 Å². The summed E-state index contributed by atoms with van der Waals surface area (Å²) in [4.78, 5) is 15.0. The van der Waals surface area contributed by atoms with E-state index in [0.29, 0.717) is 13.1 Å². The lowest BCUT2D eigenvalue weighted by molar-refractivity contribution is 0.0740. The van der Waals surface area contributed by atoms with Crippen molar-refractivity contribution >= 4 is 17.8 Å². The zero-order valence-electron chi connectivity index (χ0n) is 13.5. The molecule has 0 aromatic heterocycles. The van der Waals surface area contributed by atoms with Gasteiger partial charge in [0, 0.05) is 30.4 Å². The van der Waals surface area contributed by atoms with E-state index in [9.17, 15) is 14.3 Å². The molecule has 0 aliphatic carbocycles. The van der Waals surface area contributed by atoms with Crippen LogP contribution in [-0.4, -0.2) is 47.5 Å². The molecule has 0 bridgehead atoms. The van der Waals surface area contributed by atoms with E-state index in [1.807, 2.05) is 0 Å². The van der Waals surface area contributed by atoms with Gasteiger partial charge in [-0.1, -0.05) is 0 Å². The fourth-order valence-corrected chi connectivity index (χ4v) is 3.54. The summed E-state index contributed by atoms with van der Waals surface area (Å²) >= 11 is 1.66. The number of nitrogens with zero attached hydrogens (tertiary/aromatic N) is 1. The minimum Gasteiger partial charge on any atom is -0.393 e. The number of likely N-dealkylation sites (tertiary alicyclic amines) is 1. The van der Waals surface area contributed by atoms with Crippen molar-refractivity contribution in [1.29, 1.82) is 0 Å². The lowest BCUT2D eigenvalue weighted by atomic mass is 9.94. The van der Waals surface area contributed by atoms with E-state index in [2.05, 4.69) is 5.32 Å². The summed E-state index contributed by atoms with van der Waals surface area (Å²) < 4.78 is 12.8. The number of halogens is 1. The SMILES string of the molecule is CC(O)C1CCCN(C(=O)NCCCSc2ccc(F)cc2)C1. The molecule has 2 atom stereocenters. The van der Waals surface area contributed by atoms with Crippen LogP contribution in [0.15, 0.2) is 29.2 Å². The van der Waals surface area contributed by atoms with Crippen LogP contribution in [0.5, 0.6) is 0 Å². The maximum atomic E-state index is 12.8. The maximum Gasteiger partial charge on any atom is 0.317 e. The van der Waals surface area contributed by atoms with Crippen molar-refractivity contribution in [3.8, 4) is 0 Å². The van der Waals surface area contributed by atoms with Crippen molar-refractivity contribution in [3.63, 3.8) is 0 Å². The maximum absolute atomic E-state index is 12.8. The van der Waals surface area contributed by atoms with Gasteiger partial charge >= 0.3 is 6.03 Å². The molecule has 128 valence electrons. The number of benzene rings is 1.